The normalized spacial score (nSPS) is 24.6. The average molecular weight is 346 g/mol. The first kappa shape index (κ1) is 17.3. The summed E-state index contributed by atoms with van der Waals surface area (Å²) in [4.78, 5) is 36.7. The van der Waals surface area contributed by atoms with E-state index in [1.807, 2.05) is 0 Å². The number of aliphatic carboxylic acids is 2. The summed E-state index contributed by atoms with van der Waals surface area (Å²) in [6.07, 6.45) is 2.96. The molecule has 0 amide bonds. The Balaban J connectivity index is 2.28. The van der Waals surface area contributed by atoms with Crippen LogP contribution in [0.25, 0.3) is 0 Å². The third-order valence-electron chi connectivity index (χ3n) is 5.36. The number of halogens is 1. The Morgan fingerprint density at radius 3 is 2.20 bits per heavy atom. The highest BCUT2D eigenvalue weighted by atomic mass is 19.1. The van der Waals surface area contributed by atoms with E-state index < -0.39 is 29.6 Å². The Bertz CT molecular complexity index is 759. The number of allylic oxidation sites excluding steroid dienone is 1. The number of carbonyl (C=O) groups excluding carboxylic acids is 1. The van der Waals surface area contributed by atoms with Crippen LogP contribution in [0.1, 0.15) is 44.1 Å². The minimum Gasteiger partial charge on any atom is -0.480 e. The molecule has 1 fully saturated rings. The van der Waals surface area contributed by atoms with Crippen LogP contribution in [0.15, 0.2) is 35.4 Å². The summed E-state index contributed by atoms with van der Waals surface area (Å²) in [5.74, 6) is -3.63. The summed E-state index contributed by atoms with van der Waals surface area (Å²) in [6.45, 7) is 0. The molecule has 1 aromatic rings. The third-order valence-corrected chi connectivity index (χ3v) is 5.36. The maximum atomic E-state index is 13.3. The highest BCUT2D eigenvalue weighted by molar-refractivity contribution is 6.07. The van der Waals surface area contributed by atoms with Crippen LogP contribution in [-0.4, -0.2) is 27.9 Å². The Hall–Kier alpha value is -2.50. The summed E-state index contributed by atoms with van der Waals surface area (Å²) in [5.41, 5.74) is -1.61. The van der Waals surface area contributed by atoms with E-state index in [9.17, 15) is 29.0 Å². The second-order valence-corrected chi connectivity index (χ2v) is 6.80. The largest absolute Gasteiger partial charge is 0.480 e. The lowest BCUT2D eigenvalue weighted by atomic mass is 9.63. The van der Waals surface area contributed by atoms with Crippen molar-refractivity contribution >= 4 is 17.7 Å². The molecule has 132 valence electrons. The maximum Gasteiger partial charge on any atom is 0.333 e. The predicted molar refractivity (Wildman–Crippen MR) is 86.6 cm³/mol. The van der Waals surface area contributed by atoms with Gasteiger partial charge in [0.1, 0.15) is 17.0 Å². The van der Waals surface area contributed by atoms with Crippen molar-refractivity contribution in [3.63, 3.8) is 0 Å². The zero-order valence-electron chi connectivity index (χ0n) is 13.6. The van der Waals surface area contributed by atoms with Crippen LogP contribution in [-0.2, 0) is 19.8 Å². The van der Waals surface area contributed by atoms with Gasteiger partial charge in [0.2, 0.25) is 0 Å². The van der Waals surface area contributed by atoms with Gasteiger partial charge in [-0.25, -0.2) is 9.18 Å². The minimum atomic E-state index is -1.97. The molecule has 2 aliphatic carbocycles. The first-order chi connectivity index (χ1) is 11.9. The summed E-state index contributed by atoms with van der Waals surface area (Å²) in [6, 6.07) is 4.70. The van der Waals surface area contributed by atoms with Gasteiger partial charge in [0, 0.05) is 12.8 Å². The first-order valence-corrected chi connectivity index (χ1v) is 8.34. The number of carboxylic acid groups (broad SMARTS) is 2. The highest BCUT2D eigenvalue weighted by Gasteiger charge is 2.53. The van der Waals surface area contributed by atoms with Crippen molar-refractivity contribution in [2.75, 3.05) is 0 Å². The number of benzene rings is 1. The third kappa shape index (κ3) is 2.86. The molecule has 0 radical (unpaired) electrons. The number of rotatable bonds is 4. The first-order valence-electron chi connectivity index (χ1n) is 8.34. The second-order valence-electron chi connectivity index (χ2n) is 6.80. The molecular formula is C19H19FO5. The maximum absolute atomic E-state index is 13.3. The summed E-state index contributed by atoms with van der Waals surface area (Å²) >= 11 is 0. The Kier molecular flexibility index (Phi) is 4.45. The van der Waals surface area contributed by atoms with Crippen molar-refractivity contribution in [1.82, 2.24) is 0 Å². The van der Waals surface area contributed by atoms with Crippen LogP contribution in [0.2, 0.25) is 0 Å². The van der Waals surface area contributed by atoms with E-state index in [-0.39, 0.29) is 29.3 Å². The van der Waals surface area contributed by atoms with Gasteiger partial charge in [0.15, 0.2) is 0 Å². The van der Waals surface area contributed by atoms with E-state index in [1.165, 1.54) is 12.1 Å². The van der Waals surface area contributed by atoms with Gasteiger partial charge in [-0.3, -0.25) is 9.59 Å². The van der Waals surface area contributed by atoms with Crippen LogP contribution >= 0.6 is 0 Å². The average Bonchev–Trinajstić information content (AvgIpc) is 3.08. The SMILES string of the molecule is O=C1CC(C2CCCC2)=C(C(=O)O)C(C(=O)O)(c2ccc(F)cc2)C1. The van der Waals surface area contributed by atoms with Crippen LogP contribution < -0.4 is 0 Å². The van der Waals surface area contributed by atoms with Gasteiger partial charge in [0.05, 0.1) is 5.57 Å². The lowest BCUT2D eigenvalue weighted by molar-refractivity contribution is -0.148. The monoisotopic (exact) mass is 346 g/mol. The number of carbonyl (C=O) groups is 3. The zero-order chi connectivity index (χ0) is 18.2. The number of Topliss-reactive ketones (excluding diaryl/α,β-unsaturated/α-hetero) is 1. The van der Waals surface area contributed by atoms with Crippen molar-refractivity contribution in [1.29, 1.82) is 0 Å². The fraction of sp³-hybridized carbons (Fsp3) is 0.421. The predicted octanol–water partition coefficient (Wildman–Crippen LogP) is 3.08. The lowest BCUT2D eigenvalue weighted by Crippen LogP contribution is -2.46. The molecule has 6 heteroatoms. The number of hydrogen-bond donors (Lipinski definition) is 2. The topological polar surface area (TPSA) is 91.7 Å². The fourth-order valence-electron chi connectivity index (χ4n) is 4.25. The molecule has 1 unspecified atom stereocenters. The second kappa shape index (κ2) is 6.43. The summed E-state index contributed by atoms with van der Waals surface area (Å²) in [7, 11) is 0. The molecule has 1 saturated carbocycles. The highest BCUT2D eigenvalue weighted by Crippen LogP contribution is 2.47. The molecule has 0 heterocycles. The van der Waals surface area contributed by atoms with Crippen molar-refractivity contribution in [3.05, 3.63) is 46.8 Å². The van der Waals surface area contributed by atoms with Crippen molar-refractivity contribution in [2.24, 2.45) is 5.92 Å². The summed E-state index contributed by atoms with van der Waals surface area (Å²) < 4.78 is 13.3. The molecule has 5 nitrogen and oxygen atoms in total. The summed E-state index contributed by atoms with van der Waals surface area (Å²) in [5, 5.41) is 19.8. The van der Waals surface area contributed by atoms with E-state index in [2.05, 4.69) is 0 Å². The van der Waals surface area contributed by atoms with Gasteiger partial charge in [-0.15, -0.1) is 0 Å². The number of carboxylic acids is 2. The molecule has 25 heavy (non-hydrogen) atoms. The molecule has 0 bridgehead atoms. The smallest absolute Gasteiger partial charge is 0.333 e. The van der Waals surface area contributed by atoms with E-state index in [1.54, 1.807) is 0 Å². The van der Waals surface area contributed by atoms with Crippen LogP contribution in [0.3, 0.4) is 0 Å². The molecule has 0 saturated heterocycles. The Labute approximate surface area is 144 Å². The number of ketones is 1. The van der Waals surface area contributed by atoms with Gasteiger partial charge in [-0.1, -0.05) is 25.0 Å². The Morgan fingerprint density at radius 1 is 1.08 bits per heavy atom. The van der Waals surface area contributed by atoms with E-state index >= 15 is 0 Å². The van der Waals surface area contributed by atoms with Gasteiger partial charge >= 0.3 is 11.9 Å². The molecule has 0 spiro atoms. The van der Waals surface area contributed by atoms with Gasteiger partial charge < -0.3 is 10.2 Å². The van der Waals surface area contributed by atoms with Gasteiger partial charge in [-0.2, -0.15) is 0 Å². The molecule has 3 rings (SSSR count). The molecular weight excluding hydrogens is 327 g/mol. The van der Waals surface area contributed by atoms with Gasteiger partial charge in [-0.05, 0) is 42.0 Å². The molecule has 2 aliphatic rings. The fourth-order valence-corrected chi connectivity index (χ4v) is 4.25. The Morgan fingerprint density at radius 2 is 1.68 bits per heavy atom. The van der Waals surface area contributed by atoms with Crippen molar-refractivity contribution in [3.8, 4) is 0 Å². The standard InChI is InChI=1S/C19H19FO5/c20-13-7-5-12(6-8-13)19(18(24)25)10-14(21)9-15(16(19)17(22)23)11-3-1-2-4-11/h5-8,11H,1-4,9-10H2,(H,22,23)(H,24,25). The van der Waals surface area contributed by atoms with E-state index in [0.717, 1.165) is 37.8 Å². The zero-order valence-corrected chi connectivity index (χ0v) is 13.6. The van der Waals surface area contributed by atoms with Crippen molar-refractivity contribution in [2.45, 2.75) is 43.9 Å². The minimum absolute atomic E-state index is 0.0114. The molecule has 0 aliphatic heterocycles. The lowest BCUT2D eigenvalue weighted by Gasteiger charge is -2.37. The van der Waals surface area contributed by atoms with Crippen molar-refractivity contribution < 1.29 is 29.0 Å². The molecule has 2 N–H and O–H groups in total. The molecule has 0 aromatic heterocycles. The van der Waals surface area contributed by atoms with E-state index in [4.69, 9.17) is 0 Å². The quantitative estimate of drug-likeness (QED) is 0.874. The van der Waals surface area contributed by atoms with E-state index in [0.29, 0.717) is 5.57 Å². The van der Waals surface area contributed by atoms with Crippen LogP contribution in [0.5, 0.6) is 0 Å². The van der Waals surface area contributed by atoms with Crippen LogP contribution in [0, 0.1) is 11.7 Å². The molecule has 1 atom stereocenters. The number of hydrogen-bond acceptors (Lipinski definition) is 3. The molecule has 1 aromatic carbocycles. The van der Waals surface area contributed by atoms with Gasteiger partial charge in [0.25, 0.3) is 0 Å². The van der Waals surface area contributed by atoms with Crippen LogP contribution in [0.4, 0.5) is 4.39 Å².